The summed E-state index contributed by atoms with van der Waals surface area (Å²) in [5.74, 6) is 0.376. The van der Waals surface area contributed by atoms with Crippen LogP contribution in [0.5, 0.6) is 5.75 Å². The second-order valence-corrected chi connectivity index (χ2v) is 2.33. The molecule has 0 aliphatic carbocycles. The Hall–Kier alpha value is -1.16. The number of hydrogen-bond donors (Lipinski definition) is 1. The molecule has 1 aromatic rings. The van der Waals surface area contributed by atoms with Crippen LogP contribution in [-0.4, -0.2) is 6.55 Å². The summed E-state index contributed by atoms with van der Waals surface area (Å²) in [6, 6.07) is 6.79. The van der Waals surface area contributed by atoms with Crippen LogP contribution in [0.1, 0.15) is 5.56 Å². The zero-order valence-corrected chi connectivity index (χ0v) is 6.55. The summed E-state index contributed by atoms with van der Waals surface area (Å²) in [6.07, 6.45) is 0. The van der Waals surface area contributed by atoms with Gasteiger partial charge in [-0.3, -0.25) is 0 Å². The van der Waals surface area contributed by atoms with Crippen molar-refractivity contribution in [2.75, 3.05) is 0 Å². The van der Waals surface area contributed by atoms with Crippen molar-refractivity contribution in [1.29, 1.82) is 0 Å². The third-order valence-corrected chi connectivity index (χ3v) is 1.29. The minimum absolute atomic E-state index is 0.376. The molecule has 12 heavy (non-hydrogen) atoms. The van der Waals surface area contributed by atoms with Gasteiger partial charge < -0.3 is 4.84 Å². The van der Waals surface area contributed by atoms with Gasteiger partial charge in [-0.15, -0.1) is 0 Å². The predicted octanol–water partition coefficient (Wildman–Crippen LogP) is 2.10. The van der Waals surface area contributed by atoms with Gasteiger partial charge in [0.1, 0.15) is 5.75 Å². The van der Waals surface area contributed by atoms with Crippen LogP contribution in [0, 0.1) is 6.92 Å². The molecule has 0 unspecified atom stereocenters. The van der Waals surface area contributed by atoms with Gasteiger partial charge in [-0.2, -0.15) is 8.78 Å². The number of aryl methyl sites for hydroxylation is 1. The van der Waals surface area contributed by atoms with Crippen LogP contribution in [0.2, 0.25) is 0 Å². The number of alkyl halides is 2. The lowest BCUT2D eigenvalue weighted by Crippen LogP contribution is -2.24. The zero-order chi connectivity index (χ0) is 8.97. The maximum atomic E-state index is 11.6. The number of benzene rings is 1. The maximum absolute atomic E-state index is 11.6. The Morgan fingerprint density at radius 2 is 1.83 bits per heavy atom. The number of rotatable bonds is 3. The molecule has 0 fully saturated rings. The first-order valence-electron chi connectivity index (χ1n) is 3.45. The fraction of sp³-hybridized carbons (Fsp3) is 0.250. The fourth-order valence-corrected chi connectivity index (χ4v) is 0.719. The zero-order valence-electron chi connectivity index (χ0n) is 6.55. The number of hydrogen-bond acceptors (Lipinski definition) is 2. The highest BCUT2D eigenvalue weighted by atomic mass is 19.3. The van der Waals surface area contributed by atoms with Crippen molar-refractivity contribution in [3.8, 4) is 5.75 Å². The Labute approximate surface area is 69.1 Å². The summed E-state index contributed by atoms with van der Waals surface area (Å²) in [7, 11) is 0. The first kappa shape index (κ1) is 8.93. The summed E-state index contributed by atoms with van der Waals surface area (Å²) in [5.41, 5.74) is 2.60. The molecule has 0 heterocycles. The van der Waals surface area contributed by atoms with Crippen molar-refractivity contribution in [2.24, 2.45) is 0 Å². The molecular formula is C8H9F2NO. The monoisotopic (exact) mass is 173 g/mol. The van der Waals surface area contributed by atoms with E-state index in [2.05, 4.69) is 4.84 Å². The number of hydroxylamine groups is 1. The van der Waals surface area contributed by atoms with Crippen molar-refractivity contribution in [1.82, 2.24) is 5.48 Å². The van der Waals surface area contributed by atoms with E-state index in [0.717, 1.165) is 5.56 Å². The normalized spacial score (nSPS) is 10.3. The van der Waals surface area contributed by atoms with Crippen LogP contribution in [-0.2, 0) is 0 Å². The molecule has 0 radical (unpaired) electrons. The smallest absolute Gasteiger partial charge is 0.321 e. The van der Waals surface area contributed by atoms with Crippen LogP contribution in [0.25, 0.3) is 0 Å². The molecule has 0 saturated carbocycles. The minimum Gasteiger partial charge on any atom is -0.404 e. The van der Waals surface area contributed by atoms with Crippen LogP contribution in [0.3, 0.4) is 0 Å². The van der Waals surface area contributed by atoms with E-state index >= 15 is 0 Å². The largest absolute Gasteiger partial charge is 0.404 e. The summed E-state index contributed by atoms with van der Waals surface area (Å²) < 4.78 is 23.1. The highest BCUT2D eigenvalue weighted by molar-refractivity contribution is 5.25. The SMILES string of the molecule is Cc1ccc(ONC(F)F)cc1. The van der Waals surface area contributed by atoms with Gasteiger partial charge in [-0.1, -0.05) is 23.2 Å². The van der Waals surface area contributed by atoms with Gasteiger partial charge in [-0.05, 0) is 19.1 Å². The minimum atomic E-state index is -2.66. The summed E-state index contributed by atoms with van der Waals surface area (Å²) in [4.78, 5) is 4.52. The van der Waals surface area contributed by atoms with Crippen molar-refractivity contribution in [3.05, 3.63) is 29.8 Å². The first-order valence-corrected chi connectivity index (χ1v) is 3.45. The Kier molecular flexibility index (Phi) is 2.99. The Bertz CT molecular complexity index is 235. The molecule has 0 spiro atoms. The summed E-state index contributed by atoms with van der Waals surface area (Å²) >= 11 is 0. The average molecular weight is 173 g/mol. The van der Waals surface area contributed by atoms with E-state index in [1.165, 1.54) is 0 Å². The van der Waals surface area contributed by atoms with Gasteiger partial charge in [0.15, 0.2) is 0 Å². The molecule has 0 aliphatic rings. The second kappa shape index (κ2) is 4.01. The number of nitrogens with one attached hydrogen (secondary N) is 1. The van der Waals surface area contributed by atoms with E-state index in [-0.39, 0.29) is 0 Å². The van der Waals surface area contributed by atoms with Crippen LogP contribution in [0.15, 0.2) is 24.3 Å². The lowest BCUT2D eigenvalue weighted by atomic mass is 10.2. The Morgan fingerprint density at radius 1 is 1.25 bits per heavy atom. The molecule has 1 rings (SSSR count). The van der Waals surface area contributed by atoms with Crippen molar-refractivity contribution < 1.29 is 13.6 Å². The van der Waals surface area contributed by atoms with Gasteiger partial charge in [-0.25, -0.2) is 0 Å². The summed E-state index contributed by atoms with van der Waals surface area (Å²) in [6.45, 7) is -0.754. The van der Waals surface area contributed by atoms with Gasteiger partial charge in [0, 0.05) is 0 Å². The lowest BCUT2D eigenvalue weighted by molar-refractivity contribution is -0.00475. The first-order chi connectivity index (χ1) is 5.68. The molecule has 0 aliphatic heterocycles. The molecule has 0 bridgehead atoms. The maximum Gasteiger partial charge on any atom is 0.321 e. The van der Waals surface area contributed by atoms with Crippen molar-refractivity contribution in [2.45, 2.75) is 13.5 Å². The van der Waals surface area contributed by atoms with Crippen LogP contribution in [0.4, 0.5) is 8.78 Å². The molecule has 66 valence electrons. The molecule has 0 saturated heterocycles. The predicted molar refractivity (Wildman–Crippen MR) is 40.9 cm³/mol. The molecule has 4 heteroatoms. The van der Waals surface area contributed by atoms with Crippen molar-refractivity contribution >= 4 is 0 Å². The van der Waals surface area contributed by atoms with E-state index in [1.807, 2.05) is 6.92 Å². The molecule has 1 aromatic carbocycles. The number of halogens is 2. The average Bonchev–Trinajstić information content (AvgIpc) is 2.03. The molecule has 0 aromatic heterocycles. The molecule has 0 atom stereocenters. The standard InChI is InChI=1S/C8H9F2NO/c1-6-2-4-7(5-3-6)12-11-8(9)10/h2-5,8,11H,1H3. The lowest BCUT2D eigenvalue weighted by Gasteiger charge is -2.05. The van der Waals surface area contributed by atoms with E-state index in [0.29, 0.717) is 5.75 Å². The third-order valence-electron chi connectivity index (χ3n) is 1.29. The fourth-order valence-electron chi connectivity index (χ4n) is 0.719. The highest BCUT2D eigenvalue weighted by Gasteiger charge is 2.00. The molecular weight excluding hydrogens is 164 g/mol. The van der Waals surface area contributed by atoms with Crippen molar-refractivity contribution in [3.63, 3.8) is 0 Å². The molecule has 1 N–H and O–H groups in total. The Balaban J connectivity index is 2.48. The van der Waals surface area contributed by atoms with Gasteiger partial charge in [0.05, 0.1) is 0 Å². The van der Waals surface area contributed by atoms with E-state index in [9.17, 15) is 8.78 Å². The molecule has 0 amide bonds. The highest BCUT2D eigenvalue weighted by Crippen LogP contribution is 2.10. The van der Waals surface area contributed by atoms with Gasteiger partial charge in [0.2, 0.25) is 0 Å². The topological polar surface area (TPSA) is 21.3 Å². The third kappa shape index (κ3) is 2.84. The van der Waals surface area contributed by atoms with E-state index in [4.69, 9.17) is 0 Å². The van der Waals surface area contributed by atoms with E-state index in [1.54, 1.807) is 29.7 Å². The van der Waals surface area contributed by atoms with Gasteiger partial charge >= 0.3 is 6.55 Å². The van der Waals surface area contributed by atoms with Crippen LogP contribution >= 0.6 is 0 Å². The van der Waals surface area contributed by atoms with Crippen LogP contribution < -0.4 is 10.3 Å². The van der Waals surface area contributed by atoms with E-state index < -0.39 is 6.55 Å². The Morgan fingerprint density at radius 3 is 2.33 bits per heavy atom. The summed E-state index contributed by atoms with van der Waals surface area (Å²) in [5, 5.41) is 0. The quantitative estimate of drug-likeness (QED) is 0.558. The molecule has 2 nitrogen and oxygen atoms in total. The second-order valence-electron chi connectivity index (χ2n) is 2.33. The van der Waals surface area contributed by atoms with Gasteiger partial charge in [0.25, 0.3) is 0 Å².